The molecule has 0 amide bonds. The maximum atomic E-state index is 11.5. The molecular weight excluding hydrogens is 274 g/mol. The van der Waals surface area contributed by atoms with E-state index in [4.69, 9.17) is 0 Å². The van der Waals surface area contributed by atoms with E-state index in [0.29, 0.717) is 24.7 Å². The van der Waals surface area contributed by atoms with E-state index in [9.17, 15) is 14.7 Å². The summed E-state index contributed by atoms with van der Waals surface area (Å²) < 4.78 is 4.56. The second kappa shape index (κ2) is 6.51. The summed E-state index contributed by atoms with van der Waals surface area (Å²) in [4.78, 5) is 24.5. The average Bonchev–Trinajstić information content (AvgIpc) is 2.53. The summed E-state index contributed by atoms with van der Waals surface area (Å²) in [6, 6.07) is 2.52. The third-order valence-electron chi connectivity index (χ3n) is 3.91. The number of carboxylic acids is 1. The molecule has 21 heavy (non-hydrogen) atoms. The largest absolute Gasteiger partial charge is 0.480 e. The highest BCUT2D eigenvalue weighted by atomic mass is 16.5. The van der Waals surface area contributed by atoms with Crippen LogP contribution in [0, 0.1) is 5.92 Å². The van der Waals surface area contributed by atoms with E-state index < -0.39 is 18.0 Å². The Balaban J connectivity index is 2.19. The van der Waals surface area contributed by atoms with Crippen molar-refractivity contribution < 1.29 is 19.4 Å². The third kappa shape index (κ3) is 3.29. The van der Waals surface area contributed by atoms with E-state index >= 15 is 0 Å². The van der Waals surface area contributed by atoms with Crippen LogP contribution in [0.5, 0.6) is 0 Å². The van der Waals surface area contributed by atoms with Crippen LogP contribution in [0.4, 0.5) is 5.82 Å². The second-order valence-corrected chi connectivity index (χ2v) is 5.11. The number of esters is 1. The molecule has 7 nitrogen and oxygen atoms in total. The Bertz CT molecular complexity index is 517. The summed E-state index contributed by atoms with van der Waals surface area (Å²) in [5, 5.41) is 17.2. The van der Waals surface area contributed by atoms with Crippen molar-refractivity contribution in [3.63, 3.8) is 0 Å². The van der Waals surface area contributed by atoms with Crippen molar-refractivity contribution in [2.24, 2.45) is 5.92 Å². The van der Waals surface area contributed by atoms with Crippen LogP contribution >= 0.6 is 0 Å². The minimum absolute atomic E-state index is 0.108. The number of rotatable bonds is 4. The van der Waals surface area contributed by atoms with Gasteiger partial charge >= 0.3 is 11.9 Å². The van der Waals surface area contributed by atoms with Gasteiger partial charge < -0.3 is 14.7 Å². The molecule has 0 aromatic carbocycles. The highest BCUT2D eigenvalue weighted by Gasteiger charge is 2.33. The second-order valence-electron chi connectivity index (χ2n) is 5.11. The number of hydrogen-bond acceptors (Lipinski definition) is 6. The maximum Gasteiger partial charge on any atom is 0.358 e. The Hall–Kier alpha value is -2.18. The molecule has 0 spiro atoms. The molecule has 1 saturated heterocycles. The normalized spacial score (nSPS) is 21.9. The molecular formula is C14H19N3O4. The fourth-order valence-electron chi connectivity index (χ4n) is 2.61. The number of carboxylic acid groups (broad SMARTS) is 1. The first-order valence-electron chi connectivity index (χ1n) is 6.98. The smallest absolute Gasteiger partial charge is 0.358 e. The van der Waals surface area contributed by atoms with Crippen molar-refractivity contribution in [2.45, 2.75) is 32.2 Å². The third-order valence-corrected chi connectivity index (χ3v) is 3.91. The summed E-state index contributed by atoms with van der Waals surface area (Å²) in [7, 11) is 1.27. The van der Waals surface area contributed by atoms with Crippen molar-refractivity contribution in [1.29, 1.82) is 0 Å². The van der Waals surface area contributed by atoms with E-state index in [1.54, 1.807) is 11.0 Å². The van der Waals surface area contributed by atoms with Crippen LogP contribution in [-0.2, 0) is 9.53 Å². The molecule has 0 saturated carbocycles. The number of anilines is 1. The van der Waals surface area contributed by atoms with Gasteiger partial charge in [-0.05, 0) is 30.9 Å². The Kier molecular flexibility index (Phi) is 4.72. The van der Waals surface area contributed by atoms with Crippen LogP contribution in [0.15, 0.2) is 12.1 Å². The lowest BCUT2D eigenvalue weighted by Crippen LogP contribution is -2.47. The first-order valence-corrected chi connectivity index (χ1v) is 6.98. The van der Waals surface area contributed by atoms with Crippen LogP contribution in [0.3, 0.4) is 0 Å². The summed E-state index contributed by atoms with van der Waals surface area (Å²) in [6.45, 7) is 2.70. The van der Waals surface area contributed by atoms with Crippen LogP contribution in [0.25, 0.3) is 0 Å². The molecule has 1 N–H and O–H groups in total. The van der Waals surface area contributed by atoms with Gasteiger partial charge in [0.15, 0.2) is 11.5 Å². The zero-order valence-corrected chi connectivity index (χ0v) is 12.2. The number of aliphatic carboxylic acids is 1. The van der Waals surface area contributed by atoms with Crippen molar-refractivity contribution >= 4 is 17.8 Å². The molecule has 0 aliphatic carbocycles. The van der Waals surface area contributed by atoms with E-state index in [-0.39, 0.29) is 5.69 Å². The lowest BCUT2D eigenvalue weighted by atomic mass is 9.89. The van der Waals surface area contributed by atoms with Crippen molar-refractivity contribution in [1.82, 2.24) is 10.2 Å². The van der Waals surface area contributed by atoms with Gasteiger partial charge in [-0.25, -0.2) is 9.59 Å². The molecule has 1 aliphatic heterocycles. The van der Waals surface area contributed by atoms with Crippen LogP contribution in [0.1, 0.15) is 36.7 Å². The van der Waals surface area contributed by atoms with Gasteiger partial charge in [0.2, 0.25) is 0 Å². The van der Waals surface area contributed by atoms with Gasteiger partial charge in [-0.3, -0.25) is 0 Å². The predicted octanol–water partition coefficient (Wildman–Crippen LogP) is 1.34. The summed E-state index contributed by atoms with van der Waals surface area (Å²) in [6.07, 6.45) is 2.51. The van der Waals surface area contributed by atoms with Gasteiger partial charge in [-0.2, -0.15) is 0 Å². The van der Waals surface area contributed by atoms with E-state index in [1.165, 1.54) is 13.2 Å². The molecule has 114 valence electrons. The zero-order valence-electron chi connectivity index (χ0n) is 12.2. The van der Waals surface area contributed by atoms with Crippen molar-refractivity contribution in [2.75, 3.05) is 18.6 Å². The molecule has 2 unspecified atom stereocenters. The lowest BCUT2D eigenvalue weighted by molar-refractivity contribution is -0.139. The first kappa shape index (κ1) is 15.2. The fourth-order valence-corrected chi connectivity index (χ4v) is 2.61. The Morgan fingerprint density at radius 1 is 1.43 bits per heavy atom. The van der Waals surface area contributed by atoms with Crippen molar-refractivity contribution in [3.05, 3.63) is 17.8 Å². The molecule has 0 radical (unpaired) electrons. The first-order chi connectivity index (χ1) is 10.1. The number of methoxy groups -OCH3 is 1. The molecule has 1 aromatic heterocycles. The van der Waals surface area contributed by atoms with Gasteiger partial charge in [0.25, 0.3) is 0 Å². The Morgan fingerprint density at radius 3 is 2.71 bits per heavy atom. The molecule has 1 aliphatic rings. The minimum atomic E-state index is -0.855. The van der Waals surface area contributed by atoms with Crippen LogP contribution in [0.2, 0.25) is 0 Å². The highest BCUT2D eigenvalue weighted by Crippen LogP contribution is 2.28. The predicted molar refractivity (Wildman–Crippen MR) is 75.2 cm³/mol. The average molecular weight is 293 g/mol. The maximum absolute atomic E-state index is 11.5. The SMILES string of the molecule is CCC1CCN(c2ccc(C(=O)OC)nn2)C(C(=O)O)C1. The molecule has 2 rings (SSSR count). The fraction of sp³-hybridized carbons (Fsp3) is 0.571. The van der Waals surface area contributed by atoms with Gasteiger partial charge in [-0.1, -0.05) is 13.3 Å². The summed E-state index contributed by atoms with van der Waals surface area (Å²) >= 11 is 0. The monoisotopic (exact) mass is 293 g/mol. The van der Waals surface area contributed by atoms with Gasteiger partial charge in [0, 0.05) is 6.54 Å². The number of hydrogen-bond donors (Lipinski definition) is 1. The van der Waals surface area contributed by atoms with Crippen molar-refractivity contribution in [3.8, 4) is 0 Å². The number of ether oxygens (including phenoxy) is 1. The van der Waals surface area contributed by atoms with Crippen LogP contribution < -0.4 is 4.90 Å². The quantitative estimate of drug-likeness (QED) is 0.837. The highest BCUT2D eigenvalue weighted by molar-refractivity contribution is 5.87. The topological polar surface area (TPSA) is 92.6 Å². The minimum Gasteiger partial charge on any atom is -0.480 e. The number of piperidine rings is 1. The number of nitrogens with zero attached hydrogens (tertiary/aromatic N) is 3. The molecule has 1 aromatic rings. The molecule has 0 bridgehead atoms. The Labute approximate surface area is 122 Å². The lowest BCUT2D eigenvalue weighted by Gasteiger charge is -2.37. The van der Waals surface area contributed by atoms with Gasteiger partial charge in [0.05, 0.1) is 7.11 Å². The van der Waals surface area contributed by atoms with Gasteiger partial charge in [-0.15, -0.1) is 10.2 Å². The number of aromatic nitrogens is 2. The molecule has 2 heterocycles. The Morgan fingerprint density at radius 2 is 2.19 bits per heavy atom. The number of carbonyl (C=O) groups excluding carboxylic acids is 1. The zero-order chi connectivity index (χ0) is 15.4. The van der Waals surface area contributed by atoms with E-state index in [2.05, 4.69) is 21.9 Å². The number of carbonyl (C=O) groups is 2. The van der Waals surface area contributed by atoms with Gasteiger partial charge in [0.1, 0.15) is 6.04 Å². The van der Waals surface area contributed by atoms with Crippen LogP contribution in [-0.4, -0.2) is 46.9 Å². The van der Waals surface area contributed by atoms with E-state index in [1.807, 2.05) is 0 Å². The summed E-state index contributed by atoms with van der Waals surface area (Å²) in [5.74, 6) is -0.519. The summed E-state index contributed by atoms with van der Waals surface area (Å²) in [5.41, 5.74) is 0.108. The molecule has 2 atom stereocenters. The molecule has 1 fully saturated rings. The van der Waals surface area contributed by atoms with E-state index in [0.717, 1.165) is 12.8 Å². The molecule has 7 heteroatoms. The standard InChI is InChI=1S/C14H19N3O4/c1-3-9-6-7-17(11(8-9)13(18)19)12-5-4-10(15-16-12)14(20)21-2/h4-5,9,11H,3,6-8H2,1-2H3,(H,18,19).